The van der Waals surface area contributed by atoms with Crippen molar-refractivity contribution in [2.24, 2.45) is 5.73 Å². The highest BCUT2D eigenvalue weighted by Gasteiger charge is 2.25. The van der Waals surface area contributed by atoms with Crippen molar-refractivity contribution in [3.8, 4) is 0 Å². The van der Waals surface area contributed by atoms with Crippen molar-refractivity contribution >= 4 is 19.8 Å². The molecule has 10 heteroatoms. The standard InChI is InChI=1S/C41H76NO8P/c1-3-5-7-9-11-13-15-17-19-21-23-25-27-29-31-33-40(43)47-37-39(38-49-51(45,46)48-36-35-42)50-41(44)34-32-30-28-26-24-22-20-18-16-14-12-10-8-6-4-2/h27-30,32,34,39H,3-26,31,33,35-38,42H2,1-2H3,(H,45,46)/b29-27+,30-28+,34-32+/t39-/m1/s1. The summed E-state index contributed by atoms with van der Waals surface area (Å²) in [5.41, 5.74) is 5.33. The van der Waals surface area contributed by atoms with Crippen molar-refractivity contribution in [3.05, 3.63) is 36.5 Å². The molecule has 9 nitrogen and oxygen atoms in total. The van der Waals surface area contributed by atoms with E-state index in [2.05, 4.69) is 19.9 Å². The molecule has 298 valence electrons. The zero-order valence-electron chi connectivity index (χ0n) is 32.6. The number of carbonyl (C=O) groups excluding carboxylic acids is 2. The fourth-order valence-electron chi connectivity index (χ4n) is 5.56. The van der Waals surface area contributed by atoms with Crippen LogP contribution >= 0.6 is 7.82 Å². The summed E-state index contributed by atoms with van der Waals surface area (Å²) in [7, 11) is -4.40. The van der Waals surface area contributed by atoms with Crippen LogP contribution in [0.2, 0.25) is 0 Å². The highest BCUT2D eigenvalue weighted by Crippen LogP contribution is 2.43. The van der Waals surface area contributed by atoms with E-state index in [4.69, 9.17) is 24.3 Å². The number of carbonyl (C=O) groups is 2. The lowest BCUT2D eigenvalue weighted by atomic mass is 10.1. The van der Waals surface area contributed by atoms with Crippen LogP contribution in [0.25, 0.3) is 0 Å². The molecule has 0 saturated carbocycles. The van der Waals surface area contributed by atoms with Crippen LogP contribution in [0.5, 0.6) is 0 Å². The van der Waals surface area contributed by atoms with Gasteiger partial charge in [0.1, 0.15) is 6.61 Å². The fraction of sp³-hybridized carbons (Fsp3) is 0.805. The molecule has 0 heterocycles. The number of hydrogen-bond donors (Lipinski definition) is 2. The van der Waals surface area contributed by atoms with Crippen LogP contribution in [0, 0.1) is 0 Å². The Balaban J connectivity index is 4.32. The van der Waals surface area contributed by atoms with E-state index in [1.165, 1.54) is 134 Å². The number of phosphoric ester groups is 1. The van der Waals surface area contributed by atoms with E-state index in [0.717, 1.165) is 25.7 Å². The smallest absolute Gasteiger partial charge is 0.462 e. The number of rotatable bonds is 38. The first-order valence-corrected chi connectivity index (χ1v) is 22.0. The monoisotopic (exact) mass is 742 g/mol. The predicted octanol–water partition coefficient (Wildman–Crippen LogP) is 11.4. The van der Waals surface area contributed by atoms with Crippen molar-refractivity contribution in [1.29, 1.82) is 0 Å². The fourth-order valence-corrected chi connectivity index (χ4v) is 6.32. The normalized spacial score (nSPS) is 13.7. The minimum atomic E-state index is -4.40. The second-order valence-corrected chi connectivity index (χ2v) is 15.0. The molecular formula is C41H76NO8P. The summed E-state index contributed by atoms with van der Waals surface area (Å²) < 4.78 is 32.4. The molecule has 0 fully saturated rings. The third-order valence-corrected chi connectivity index (χ3v) is 9.60. The van der Waals surface area contributed by atoms with Crippen LogP contribution < -0.4 is 5.73 Å². The summed E-state index contributed by atoms with van der Waals surface area (Å²) in [6.07, 6.45) is 41.1. The van der Waals surface area contributed by atoms with Crippen LogP contribution in [0.15, 0.2) is 36.5 Å². The lowest BCUT2D eigenvalue weighted by Crippen LogP contribution is -2.29. The van der Waals surface area contributed by atoms with Gasteiger partial charge in [-0.25, -0.2) is 9.36 Å². The Morgan fingerprint density at radius 3 is 1.61 bits per heavy atom. The Morgan fingerprint density at radius 2 is 1.10 bits per heavy atom. The third kappa shape index (κ3) is 37.8. The van der Waals surface area contributed by atoms with Crippen molar-refractivity contribution in [3.63, 3.8) is 0 Å². The molecule has 0 radical (unpaired) electrons. The van der Waals surface area contributed by atoms with E-state index >= 15 is 0 Å². The van der Waals surface area contributed by atoms with Crippen molar-refractivity contribution in [2.45, 2.75) is 187 Å². The lowest BCUT2D eigenvalue weighted by molar-refractivity contribution is -0.157. The van der Waals surface area contributed by atoms with Gasteiger partial charge in [-0.2, -0.15) is 0 Å². The van der Waals surface area contributed by atoms with Gasteiger partial charge < -0.3 is 20.1 Å². The summed E-state index contributed by atoms with van der Waals surface area (Å²) in [4.78, 5) is 34.6. The topological polar surface area (TPSA) is 134 Å². The molecule has 3 N–H and O–H groups in total. The van der Waals surface area contributed by atoms with Gasteiger partial charge in [0, 0.05) is 19.0 Å². The molecule has 0 aliphatic heterocycles. The Morgan fingerprint density at radius 1 is 0.627 bits per heavy atom. The van der Waals surface area contributed by atoms with Crippen LogP contribution in [0.3, 0.4) is 0 Å². The molecule has 0 spiro atoms. The highest BCUT2D eigenvalue weighted by molar-refractivity contribution is 7.47. The minimum absolute atomic E-state index is 0.0370. The van der Waals surface area contributed by atoms with E-state index in [0.29, 0.717) is 6.42 Å². The van der Waals surface area contributed by atoms with Crippen molar-refractivity contribution in [2.75, 3.05) is 26.4 Å². The van der Waals surface area contributed by atoms with Gasteiger partial charge >= 0.3 is 19.8 Å². The maximum atomic E-state index is 12.4. The van der Waals surface area contributed by atoms with Gasteiger partial charge in [0.05, 0.1) is 13.2 Å². The van der Waals surface area contributed by atoms with Crippen LogP contribution in [-0.4, -0.2) is 49.3 Å². The first-order chi connectivity index (χ1) is 24.8. The zero-order valence-corrected chi connectivity index (χ0v) is 33.5. The van der Waals surface area contributed by atoms with Gasteiger partial charge in [-0.1, -0.05) is 173 Å². The van der Waals surface area contributed by atoms with Gasteiger partial charge in [-0.3, -0.25) is 13.8 Å². The molecule has 0 aromatic carbocycles. The van der Waals surface area contributed by atoms with Crippen molar-refractivity contribution in [1.82, 2.24) is 0 Å². The number of hydrogen-bond acceptors (Lipinski definition) is 8. The lowest BCUT2D eigenvalue weighted by Gasteiger charge is -2.19. The molecule has 0 aromatic rings. The molecule has 0 aromatic heterocycles. The predicted molar refractivity (Wildman–Crippen MR) is 210 cm³/mol. The Labute approximate surface area is 312 Å². The number of ether oxygens (including phenoxy) is 2. The largest absolute Gasteiger partial charge is 0.472 e. The highest BCUT2D eigenvalue weighted by atomic mass is 31.2. The number of nitrogens with two attached hydrogens (primary N) is 1. The second-order valence-electron chi connectivity index (χ2n) is 13.6. The molecule has 0 aliphatic carbocycles. The molecule has 51 heavy (non-hydrogen) atoms. The second kappa shape index (κ2) is 38.0. The molecule has 2 atom stereocenters. The van der Waals surface area contributed by atoms with E-state index in [9.17, 15) is 19.0 Å². The van der Waals surface area contributed by atoms with Gasteiger partial charge in [0.25, 0.3) is 0 Å². The molecule has 0 saturated heterocycles. The maximum absolute atomic E-state index is 12.4. The molecule has 0 aliphatic rings. The average molecular weight is 742 g/mol. The molecule has 1 unspecified atom stereocenters. The van der Waals surface area contributed by atoms with Gasteiger partial charge in [-0.05, 0) is 32.1 Å². The first kappa shape index (κ1) is 49.2. The Bertz CT molecular complexity index is 939. The third-order valence-electron chi connectivity index (χ3n) is 8.62. The molecule has 0 bridgehead atoms. The number of esters is 2. The van der Waals surface area contributed by atoms with Crippen molar-refractivity contribution < 1.29 is 37.6 Å². The summed E-state index contributed by atoms with van der Waals surface area (Å²) in [5, 5.41) is 0. The van der Waals surface area contributed by atoms with Gasteiger partial charge in [-0.15, -0.1) is 0 Å². The average Bonchev–Trinajstić information content (AvgIpc) is 3.11. The summed E-state index contributed by atoms with van der Waals surface area (Å²) in [6, 6.07) is 0. The molecule has 0 amide bonds. The Kier molecular flexibility index (Phi) is 36.7. The molecular weight excluding hydrogens is 665 g/mol. The van der Waals surface area contributed by atoms with Gasteiger partial charge in [0.2, 0.25) is 0 Å². The number of allylic oxidation sites excluding steroid dienone is 5. The van der Waals surface area contributed by atoms with E-state index in [-0.39, 0.29) is 26.2 Å². The quantitative estimate of drug-likeness (QED) is 0.0158. The summed E-state index contributed by atoms with van der Waals surface area (Å²) in [5.74, 6) is -1.14. The van der Waals surface area contributed by atoms with Crippen LogP contribution in [0.1, 0.15) is 181 Å². The van der Waals surface area contributed by atoms with Gasteiger partial charge in [0.15, 0.2) is 6.10 Å². The van der Waals surface area contributed by atoms with E-state index in [1.807, 2.05) is 12.2 Å². The number of unbranched alkanes of at least 4 members (excludes halogenated alkanes) is 22. The van der Waals surface area contributed by atoms with Crippen LogP contribution in [-0.2, 0) is 32.7 Å². The molecule has 0 rings (SSSR count). The zero-order chi connectivity index (χ0) is 37.5. The summed E-state index contributed by atoms with van der Waals surface area (Å²) in [6.45, 7) is 3.56. The van der Waals surface area contributed by atoms with E-state index < -0.39 is 32.5 Å². The summed E-state index contributed by atoms with van der Waals surface area (Å²) >= 11 is 0. The Hall–Kier alpha value is -1.77. The maximum Gasteiger partial charge on any atom is 0.472 e. The number of phosphoric acid groups is 1. The van der Waals surface area contributed by atoms with E-state index in [1.54, 1.807) is 12.2 Å². The SMILES string of the molecule is CCCCCCCCCCCCC/C=C/C=C/C(=O)O[C@H](COC(=O)CC/C=C/CCCCCCCCCCCCC)COP(=O)(O)OCCN. The first-order valence-electron chi connectivity index (χ1n) is 20.5. The minimum Gasteiger partial charge on any atom is -0.462 e. The van der Waals surface area contributed by atoms with Crippen LogP contribution in [0.4, 0.5) is 0 Å².